The Hall–Kier alpha value is -1.36. The molecule has 0 saturated heterocycles. The topological polar surface area (TPSA) is 72.9 Å². The van der Waals surface area contributed by atoms with E-state index < -0.39 is 5.54 Å². The number of rotatable bonds is 7. The molecule has 0 saturated carbocycles. The van der Waals surface area contributed by atoms with Crippen molar-refractivity contribution in [1.29, 1.82) is 0 Å². The summed E-state index contributed by atoms with van der Waals surface area (Å²) in [5.74, 6) is -0.350. The molecule has 0 aliphatic rings. The number of carbonyl (C=O) groups excluding carboxylic acids is 1. The van der Waals surface area contributed by atoms with Crippen molar-refractivity contribution in [1.82, 2.24) is 15.1 Å². The van der Waals surface area contributed by atoms with Crippen LogP contribution in [0.25, 0.3) is 0 Å². The second kappa shape index (κ2) is 6.19. The molecule has 1 rings (SSSR count). The van der Waals surface area contributed by atoms with E-state index in [1.165, 1.54) is 0 Å². The SMILES string of the molecule is CCc1cc(CC)n(CC(C)(NC(C)C)C(N)=O)n1. The first-order chi connectivity index (χ1) is 8.82. The number of nitrogens with zero attached hydrogens (tertiary/aromatic N) is 2. The highest BCUT2D eigenvalue weighted by Crippen LogP contribution is 2.13. The molecule has 108 valence electrons. The van der Waals surface area contributed by atoms with Gasteiger partial charge in [0.15, 0.2) is 0 Å². The van der Waals surface area contributed by atoms with Crippen LogP contribution in [-0.4, -0.2) is 27.3 Å². The lowest BCUT2D eigenvalue weighted by Gasteiger charge is -2.30. The Labute approximate surface area is 115 Å². The lowest BCUT2D eigenvalue weighted by atomic mass is 10.0. The number of nitrogens with two attached hydrogens (primary N) is 1. The highest BCUT2D eigenvalue weighted by Gasteiger charge is 2.33. The molecule has 1 aromatic rings. The highest BCUT2D eigenvalue weighted by molar-refractivity contribution is 5.84. The molecule has 1 aromatic heterocycles. The molecule has 0 fully saturated rings. The van der Waals surface area contributed by atoms with Gasteiger partial charge in [-0.1, -0.05) is 13.8 Å². The summed E-state index contributed by atoms with van der Waals surface area (Å²) in [7, 11) is 0. The summed E-state index contributed by atoms with van der Waals surface area (Å²) in [6, 6.07) is 2.28. The van der Waals surface area contributed by atoms with Crippen molar-refractivity contribution in [3.63, 3.8) is 0 Å². The average molecular weight is 266 g/mol. The molecule has 1 atom stereocenters. The predicted molar refractivity (Wildman–Crippen MR) is 76.9 cm³/mol. The molecule has 19 heavy (non-hydrogen) atoms. The third-order valence-electron chi connectivity index (χ3n) is 3.26. The monoisotopic (exact) mass is 266 g/mol. The van der Waals surface area contributed by atoms with Crippen LogP contribution in [0.4, 0.5) is 0 Å². The summed E-state index contributed by atoms with van der Waals surface area (Å²) in [6.07, 6.45) is 1.79. The molecule has 1 amide bonds. The van der Waals surface area contributed by atoms with Gasteiger partial charge in [-0.2, -0.15) is 5.10 Å². The summed E-state index contributed by atoms with van der Waals surface area (Å²) >= 11 is 0. The molecule has 3 N–H and O–H groups in total. The molecule has 0 aromatic carbocycles. The lowest BCUT2D eigenvalue weighted by molar-refractivity contribution is -0.124. The van der Waals surface area contributed by atoms with E-state index in [9.17, 15) is 4.79 Å². The zero-order chi connectivity index (χ0) is 14.6. The van der Waals surface area contributed by atoms with Crippen LogP contribution in [0.1, 0.15) is 46.0 Å². The van der Waals surface area contributed by atoms with Crippen LogP contribution in [0.3, 0.4) is 0 Å². The minimum absolute atomic E-state index is 0.184. The minimum atomic E-state index is -0.783. The van der Waals surface area contributed by atoms with Crippen molar-refractivity contribution in [3.05, 3.63) is 17.5 Å². The van der Waals surface area contributed by atoms with E-state index in [4.69, 9.17) is 5.73 Å². The summed E-state index contributed by atoms with van der Waals surface area (Å²) in [5, 5.41) is 7.79. The second-order valence-electron chi connectivity index (χ2n) is 5.49. The smallest absolute Gasteiger partial charge is 0.239 e. The van der Waals surface area contributed by atoms with E-state index in [1.54, 1.807) is 0 Å². The van der Waals surface area contributed by atoms with Crippen LogP contribution in [0, 0.1) is 0 Å². The molecule has 1 unspecified atom stereocenters. The molecular weight excluding hydrogens is 240 g/mol. The maximum atomic E-state index is 11.8. The number of hydrogen-bond acceptors (Lipinski definition) is 3. The Balaban J connectivity index is 3.02. The fourth-order valence-corrected chi connectivity index (χ4v) is 2.24. The van der Waals surface area contributed by atoms with Gasteiger partial charge in [0.2, 0.25) is 5.91 Å². The predicted octanol–water partition coefficient (Wildman–Crippen LogP) is 1.25. The Bertz CT molecular complexity index is 439. The van der Waals surface area contributed by atoms with Crippen LogP contribution in [0.5, 0.6) is 0 Å². The van der Waals surface area contributed by atoms with Gasteiger partial charge in [0.1, 0.15) is 5.54 Å². The van der Waals surface area contributed by atoms with Crippen molar-refractivity contribution in [2.45, 2.75) is 65.6 Å². The first-order valence-electron chi connectivity index (χ1n) is 6.95. The summed E-state index contributed by atoms with van der Waals surface area (Å²) < 4.78 is 1.90. The molecule has 1 heterocycles. The molecule has 5 heteroatoms. The van der Waals surface area contributed by atoms with E-state index in [0.29, 0.717) is 6.54 Å². The maximum Gasteiger partial charge on any atom is 0.239 e. The molecule has 0 radical (unpaired) electrons. The molecule has 5 nitrogen and oxygen atoms in total. The van der Waals surface area contributed by atoms with Gasteiger partial charge in [0, 0.05) is 11.7 Å². The van der Waals surface area contributed by atoms with Gasteiger partial charge in [0.05, 0.1) is 12.2 Å². The van der Waals surface area contributed by atoms with Gasteiger partial charge in [-0.3, -0.25) is 14.8 Å². The first-order valence-corrected chi connectivity index (χ1v) is 6.95. The van der Waals surface area contributed by atoms with Crippen LogP contribution in [0.15, 0.2) is 6.07 Å². The van der Waals surface area contributed by atoms with Gasteiger partial charge in [-0.15, -0.1) is 0 Å². The van der Waals surface area contributed by atoms with Crippen LogP contribution >= 0.6 is 0 Å². The van der Waals surface area contributed by atoms with Gasteiger partial charge < -0.3 is 5.73 Å². The molecule has 0 aliphatic heterocycles. The van der Waals surface area contributed by atoms with Crippen LogP contribution < -0.4 is 11.1 Å². The highest BCUT2D eigenvalue weighted by atomic mass is 16.1. The van der Waals surface area contributed by atoms with E-state index >= 15 is 0 Å². The lowest BCUT2D eigenvalue weighted by Crippen LogP contribution is -2.58. The zero-order valence-corrected chi connectivity index (χ0v) is 12.7. The van der Waals surface area contributed by atoms with E-state index in [0.717, 1.165) is 24.2 Å². The van der Waals surface area contributed by atoms with E-state index in [2.05, 4.69) is 30.3 Å². The van der Waals surface area contributed by atoms with Gasteiger partial charge >= 0.3 is 0 Å². The molecular formula is C14H26N4O. The normalized spacial score (nSPS) is 14.6. The zero-order valence-electron chi connectivity index (χ0n) is 12.7. The van der Waals surface area contributed by atoms with Crippen molar-refractivity contribution in [2.75, 3.05) is 0 Å². The van der Waals surface area contributed by atoms with E-state index in [1.807, 2.05) is 25.5 Å². The maximum absolute atomic E-state index is 11.8. The summed E-state index contributed by atoms with van der Waals surface area (Å²) in [6.45, 7) is 10.5. The summed E-state index contributed by atoms with van der Waals surface area (Å²) in [5.41, 5.74) is 6.96. The standard InChI is InChI=1S/C14H26N4O/c1-6-11-8-12(7-2)18(17-11)9-14(5,13(15)19)16-10(3)4/h8,10,16H,6-7,9H2,1-5H3,(H2,15,19). The third kappa shape index (κ3) is 3.80. The second-order valence-corrected chi connectivity index (χ2v) is 5.49. The van der Waals surface area contributed by atoms with Crippen molar-refractivity contribution in [3.8, 4) is 0 Å². The first kappa shape index (κ1) is 15.7. The summed E-state index contributed by atoms with van der Waals surface area (Å²) in [4.78, 5) is 11.8. The van der Waals surface area contributed by atoms with Gasteiger partial charge in [-0.05, 0) is 39.7 Å². The average Bonchev–Trinajstić information content (AvgIpc) is 2.69. The van der Waals surface area contributed by atoms with Crippen LogP contribution in [-0.2, 0) is 24.2 Å². The molecule has 0 spiro atoms. The number of amides is 1. The number of aryl methyl sites for hydroxylation is 2. The molecule has 0 bridgehead atoms. The molecule has 0 aliphatic carbocycles. The Kier molecular flexibility index (Phi) is 5.11. The number of hydrogen-bond donors (Lipinski definition) is 2. The van der Waals surface area contributed by atoms with Gasteiger partial charge in [0.25, 0.3) is 0 Å². The third-order valence-corrected chi connectivity index (χ3v) is 3.26. The Morgan fingerprint density at radius 2 is 2.11 bits per heavy atom. The van der Waals surface area contributed by atoms with Crippen molar-refractivity contribution < 1.29 is 4.79 Å². The van der Waals surface area contributed by atoms with Crippen molar-refractivity contribution >= 4 is 5.91 Å². The quantitative estimate of drug-likeness (QED) is 0.780. The number of carbonyl (C=O) groups is 1. The number of nitrogens with one attached hydrogen (secondary N) is 1. The van der Waals surface area contributed by atoms with E-state index in [-0.39, 0.29) is 11.9 Å². The van der Waals surface area contributed by atoms with Crippen molar-refractivity contribution in [2.24, 2.45) is 5.73 Å². The Morgan fingerprint density at radius 1 is 1.47 bits per heavy atom. The van der Waals surface area contributed by atoms with Gasteiger partial charge in [-0.25, -0.2) is 0 Å². The van der Waals surface area contributed by atoms with Crippen LogP contribution in [0.2, 0.25) is 0 Å². The Morgan fingerprint density at radius 3 is 2.53 bits per heavy atom. The largest absolute Gasteiger partial charge is 0.368 e. The number of aromatic nitrogens is 2. The fourth-order valence-electron chi connectivity index (χ4n) is 2.24. The number of primary amides is 1. The fraction of sp³-hybridized carbons (Fsp3) is 0.714. The minimum Gasteiger partial charge on any atom is -0.368 e.